The first-order valence-electron chi connectivity index (χ1n) is 5.41. The Kier molecular flexibility index (Phi) is 2.84. The van der Waals surface area contributed by atoms with Crippen molar-refractivity contribution in [3.63, 3.8) is 0 Å². The van der Waals surface area contributed by atoms with Gasteiger partial charge >= 0.3 is 5.97 Å². The third-order valence-corrected chi connectivity index (χ3v) is 4.08. The van der Waals surface area contributed by atoms with Crippen LogP contribution in [-0.2, 0) is 4.79 Å². The Morgan fingerprint density at radius 2 is 2.38 bits per heavy atom. The molecule has 2 heterocycles. The van der Waals surface area contributed by atoms with Crippen molar-refractivity contribution >= 4 is 22.4 Å². The van der Waals surface area contributed by atoms with Crippen molar-refractivity contribution in [2.75, 3.05) is 11.4 Å². The summed E-state index contributed by atoms with van der Waals surface area (Å²) >= 11 is 1.46. The highest BCUT2D eigenvalue weighted by Gasteiger charge is 2.47. The molecule has 0 bridgehead atoms. The maximum atomic E-state index is 11.5. The molecule has 16 heavy (non-hydrogen) atoms. The normalized spacial score (nSPS) is 25.0. The van der Waals surface area contributed by atoms with E-state index in [1.165, 1.54) is 11.3 Å². The summed E-state index contributed by atoms with van der Waals surface area (Å²) in [4.78, 5) is 13.4. The lowest BCUT2D eigenvalue weighted by atomic mass is 9.93. The zero-order valence-electron chi connectivity index (χ0n) is 9.43. The second kappa shape index (κ2) is 4.01. The van der Waals surface area contributed by atoms with E-state index in [0.29, 0.717) is 12.8 Å². The van der Waals surface area contributed by atoms with Gasteiger partial charge in [-0.25, -0.2) is 4.79 Å². The smallest absolute Gasteiger partial charge is 0.329 e. The lowest BCUT2D eigenvalue weighted by molar-refractivity contribution is -0.143. The van der Waals surface area contributed by atoms with Crippen LogP contribution in [0.1, 0.15) is 31.2 Å². The van der Waals surface area contributed by atoms with E-state index in [2.05, 4.69) is 10.2 Å². The molecule has 1 N–H and O–H groups in total. The van der Waals surface area contributed by atoms with E-state index >= 15 is 0 Å². The van der Waals surface area contributed by atoms with Gasteiger partial charge in [-0.1, -0.05) is 18.3 Å². The van der Waals surface area contributed by atoms with Crippen molar-refractivity contribution in [2.45, 2.75) is 38.6 Å². The van der Waals surface area contributed by atoms with E-state index in [9.17, 15) is 9.90 Å². The molecule has 0 amide bonds. The van der Waals surface area contributed by atoms with E-state index in [1.54, 1.807) is 0 Å². The zero-order valence-corrected chi connectivity index (χ0v) is 10.3. The van der Waals surface area contributed by atoms with Crippen molar-refractivity contribution in [3.05, 3.63) is 5.01 Å². The number of rotatable bonds is 3. The van der Waals surface area contributed by atoms with Crippen molar-refractivity contribution in [2.24, 2.45) is 0 Å². The summed E-state index contributed by atoms with van der Waals surface area (Å²) in [7, 11) is 0. The number of hydrogen-bond acceptors (Lipinski definition) is 5. The molecule has 2 rings (SSSR count). The largest absolute Gasteiger partial charge is 0.479 e. The second-order valence-corrected chi connectivity index (χ2v) is 5.21. The molecule has 0 radical (unpaired) electrons. The van der Waals surface area contributed by atoms with Gasteiger partial charge in [0.2, 0.25) is 5.13 Å². The van der Waals surface area contributed by atoms with Crippen LogP contribution in [-0.4, -0.2) is 33.4 Å². The highest BCUT2D eigenvalue weighted by Crippen LogP contribution is 2.38. The third kappa shape index (κ3) is 1.57. The molecule has 1 aliphatic heterocycles. The summed E-state index contributed by atoms with van der Waals surface area (Å²) in [6.45, 7) is 4.56. The fourth-order valence-corrected chi connectivity index (χ4v) is 3.10. The van der Waals surface area contributed by atoms with Crippen LogP contribution < -0.4 is 4.90 Å². The van der Waals surface area contributed by atoms with E-state index in [4.69, 9.17) is 0 Å². The number of anilines is 1. The molecule has 88 valence electrons. The van der Waals surface area contributed by atoms with Crippen LogP contribution in [0.15, 0.2) is 0 Å². The van der Waals surface area contributed by atoms with Gasteiger partial charge in [0.25, 0.3) is 0 Å². The van der Waals surface area contributed by atoms with Crippen LogP contribution in [0.3, 0.4) is 0 Å². The van der Waals surface area contributed by atoms with Gasteiger partial charge in [-0.2, -0.15) is 0 Å². The monoisotopic (exact) mass is 241 g/mol. The molecule has 1 aromatic rings. The van der Waals surface area contributed by atoms with Crippen molar-refractivity contribution in [3.8, 4) is 0 Å². The fraction of sp³-hybridized carbons (Fsp3) is 0.700. The van der Waals surface area contributed by atoms with Gasteiger partial charge in [-0.3, -0.25) is 0 Å². The highest BCUT2D eigenvalue weighted by molar-refractivity contribution is 7.15. The number of aryl methyl sites for hydroxylation is 1. The predicted molar refractivity (Wildman–Crippen MR) is 61.9 cm³/mol. The number of carboxylic acid groups (broad SMARTS) is 1. The molecular formula is C10H15N3O2S. The molecule has 1 aliphatic rings. The molecule has 6 heteroatoms. The Bertz CT molecular complexity index is 407. The number of carbonyl (C=O) groups is 1. The first-order valence-corrected chi connectivity index (χ1v) is 6.23. The maximum absolute atomic E-state index is 11.5. The first-order chi connectivity index (χ1) is 7.60. The summed E-state index contributed by atoms with van der Waals surface area (Å²) in [5.74, 6) is -0.750. The lowest BCUT2D eigenvalue weighted by Crippen LogP contribution is -2.50. The van der Waals surface area contributed by atoms with Crippen LogP contribution in [0.4, 0.5) is 5.13 Å². The van der Waals surface area contributed by atoms with Gasteiger partial charge in [0.05, 0.1) is 0 Å². The molecule has 5 nitrogen and oxygen atoms in total. The van der Waals surface area contributed by atoms with E-state index in [1.807, 2.05) is 18.7 Å². The molecule has 1 unspecified atom stereocenters. The SMILES string of the molecule is CCC1(C(=O)O)CCCN1c1nnc(C)s1. The molecule has 0 saturated carbocycles. The molecule has 0 aliphatic carbocycles. The maximum Gasteiger partial charge on any atom is 0.329 e. The van der Waals surface area contributed by atoms with Gasteiger partial charge in [0.15, 0.2) is 0 Å². The van der Waals surface area contributed by atoms with Crippen LogP contribution in [0, 0.1) is 6.92 Å². The third-order valence-electron chi connectivity index (χ3n) is 3.22. The van der Waals surface area contributed by atoms with E-state index in [-0.39, 0.29) is 0 Å². The van der Waals surface area contributed by atoms with E-state index in [0.717, 1.165) is 23.1 Å². The molecular weight excluding hydrogens is 226 g/mol. The Labute approximate surface area is 98.1 Å². The van der Waals surface area contributed by atoms with Crippen LogP contribution in [0.5, 0.6) is 0 Å². The number of nitrogens with zero attached hydrogens (tertiary/aromatic N) is 3. The number of aliphatic carboxylic acids is 1. The lowest BCUT2D eigenvalue weighted by Gasteiger charge is -2.33. The van der Waals surface area contributed by atoms with Gasteiger partial charge in [-0.05, 0) is 26.2 Å². The standard InChI is InChI=1S/C10H15N3O2S/c1-3-10(8(14)15)5-4-6-13(10)9-12-11-7(2)16-9/h3-6H2,1-2H3,(H,14,15). The Balaban J connectivity index is 2.36. The van der Waals surface area contributed by atoms with Gasteiger partial charge in [0.1, 0.15) is 10.5 Å². The summed E-state index contributed by atoms with van der Waals surface area (Å²) < 4.78 is 0. The van der Waals surface area contributed by atoms with Crippen molar-refractivity contribution in [1.82, 2.24) is 10.2 Å². The zero-order chi connectivity index (χ0) is 11.8. The molecule has 1 fully saturated rings. The predicted octanol–water partition coefficient (Wildman–Crippen LogP) is 1.68. The Morgan fingerprint density at radius 3 is 2.88 bits per heavy atom. The van der Waals surface area contributed by atoms with Crippen molar-refractivity contribution < 1.29 is 9.90 Å². The minimum atomic E-state index is -0.772. The summed E-state index contributed by atoms with van der Waals surface area (Å²) in [5, 5.41) is 19.0. The molecule has 1 atom stereocenters. The average molecular weight is 241 g/mol. The number of hydrogen-bond donors (Lipinski definition) is 1. The second-order valence-electron chi connectivity index (χ2n) is 4.05. The fourth-order valence-electron chi connectivity index (χ4n) is 2.29. The topological polar surface area (TPSA) is 66.3 Å². The van der Waals surface area contributed by atoms with Gasteiger partial charge in [0, 0.05) is 6.54 Å². The first kappa shape index (κ1) is 11.3. The molecule has 0 spiro atoms. The average Bonchev–Trinajstić information content (AvgIpc) is 2.83. The summed E-state index contributed by atoms with van der Waals surface area (Å²) in [6.07, 6.45) is 2.19. The minimum absolute atomic E-state index is 0.598. The molecule has 1 aromatic heterocycles. The van der Waals surface area contributed by atoms with Crippen LogP contribution >= 0.6 is 11.3 Å². The minimum Gasteiger partial charge on any atom is -0.479 e. The van der Waals surface area contributed by atoms with Crippen LogP contribution in [0.25, 0.3) is 0 Å². The van der Waals surface area contributed by atoms with Gasteiger partial charge < -0.3 is 10.0 Å². The quantitative estimate of drug-likeness (QED) is 0.872. The van der Waals surface area contributed by atoms with Crippen molar-refractivity contribution in [1.29, 1.82) is 0 Å². The molecule has 0 aromatic carbocycles. The molecule has 1 saturated heterocycles. The summed E-state index contributed by atoms with van der Waals surface area (Å²) in [6, 6.07) is 0. The summed E-state index contributed by atoms with van der Waals surface area (Å²) in [5.41, 5.74) is -0.772. The number of carboxylic acids is 1. The van der Waals surface area contributed by atoms with Crippen LogP contribution in [0.2, 0.25) is 0 Å². The van der Waals surface area contributed by atoms with Gasteiger partial charge in [-0.15, -0.1) is 10.2 Å². The highest BCUT2D eigenvalue weighted by atomic mass is 32.1. The number of aromatic nitrogens is 2. The Morgan fingerprint density at radius 1 is 1.62 bits per heavy atom. The Hall–Kier alpha value is -1.17. The van der Waals surface area contributed by atoms with E-state index < -0.39 is 11.5 Å².